The molecule has 7 nitrogen and oxygen atoms in total. The van der Waals surface area contributed by atoms with Crippen molar-refractivity contribution < 1.29 is 18.4 Å². The number of aromatic nitrogens is 3. The number of carbonyl (C=O) groups excluding carboxylic acids is 2. The van der Waals surface area contributed by atoms with Gasteiger partial charge in [-0.3, -0.25) is 4.79 Å². The first-order chi connectivity index (χ1) is 14.5. The zero-order valence-electron chi connectivity index (χ0n) is 16.3. The van der Waals surface area contributed by atoms with Crippen LogP contribution in [0, 0.1) is 11.6 Å². The quantitative estimate of drug-likeness (QED) is 0.469. The minimum atomic E-state index is -0.851. The maximum Gasteiger partial charge on any atom is 0.289 e. The summed E-state index contributed by atoms with van der Waals surface area (Å²) >= 11 is 0. The van der Waals surface area contributed by atoms with Gasteiger partial charge in [-0.25, -0.2) is 8.78 Å². The van der Waals surface area contributed by atoms with Gasteiger partial charge in [0.1, 0.15) is 23.7 Å². The second kappa shape index (κ2) is 9.73. The summed E-state index contributed by atoms with van der Waals surface area (Å²) in [6, 6.07) is 10.7. The van der Waals surface area contributed by atoms with Gasteiger partial charge in [0, 0.05) is 19.5 Å². The monoisotopic (exact) mass is 413 g/mol. The maximum absolute atomic E-state index is 13.8. The molecule has 0 saturated carbocycles. The van der Waals surface area contributed by atoms with Crippen molar-refractivity contribution in [2.45, 2.75) is 25.3 Å². The number of aldehydes is 1. The van der Waals surface area contributed by atoms with E-state index in [1.54, 1.807) is 0 Å². The molecule has 0 spiro atoms. The molecule has 3 N–H and O–H groups in total. The first kappa shape index (κ1) is 21.1. The first-order valence-electron chi connectivity index (χ1n) is 9.37. The maximum atomic E-state index is 13.8. The standard InChI is InChI=1S/C21H21F2N5O2/c1-24-19-14(10-15(22)11-17(19)23)7-8-16(12-29)25-21(30)20-26-18(27-28-20)9-13-5-3-2-4-6-13/h2-6,10-12,16,24H,7-9H2,1H3,(H,25,30)(H,26,27,28)/t16-/m0/s1. The number of aryl methyl sites for hydroxylation is 1. The molecule has 0 fully saturated rings. The third-order valence-electron chi connectivity index (χ3n) is 4.55. The van der Waals surface area contributed by atoms with Crippen LogP contribution in [0.4, 0.5) is 14.5 Å². The predicted octanol–water partition coefficient (Wildman–Crippen LogP) is 2.65. The number of hydrogen-bond acceptors (Lipinski definition) is 5. The van der Waals surface area contributed by atoms with Crippen LogP contribution in [-0.2, 0) is 17.6 Å². The average molecular weight is 413 g/mol. The van der Waals surface area contributed by atoms with E-state index in [9.17, 15) is 18.4 Å². The minimum Gasteiger partial charge on any atom is -0.386 e. The van der Waals surface area contributed by atoms with E-state index in [2.05, 4.69) is 25.8 Å². The van der Waals surface area contributed by atoms with Crippen LogP contribution in [0.5, 0.6) is 0 Å². The smallest absolute Gasteiger partial charge is 0.289 e. The molecule has 0 radical (unpaired) electrons. The fraction of sp³-hybridized carbons (Fsp3) is 0.238. The molecule has 0 unspecified atom stereocenters. The van der Waals surface area contributed by atoms with Crippen LogP contribution >= 0.6 is 0 Å². The molecule has 0 aliphatic carbocycles. The van der Waals surface area contributed by atoms with Crippen molar-refractivity contribution in [3.8, 4) is 0 Å². The third-order valence-corrected chi connectivity index (χ3v) is 4.55. The molecule has 1 aromatic heterocycles. The van der Waals surface area contributed by atoms with Gasteiger partial charge in [0.15, 0.2) is 0 Å². The second-order valence-electron chi connectivity index (χ2n) is 6.71. The van der Waals surface area contributed by atoms with E-state index in [1.807, 2.05) is 30.3 Å². The van der Waals surface area contributed by atoms with Gasteiger partial charge in [-0.1, -0.05) is 30.3 Å². The van der Waals surface area contributed by atoms with Gasteiger partial charge in [0.25, 0.3) is 5.91 Å². The number of carbonyl (C=O) groups is 2. The Bertz CT molecular complexity index is 1020. The Morgan fingerprint density at radius 2 is 1.97 bits per heavy atom. The Hall–Kier alpha value is -3.62. The van der Waals surface area contributed by atoms with E-state index in [-0.39, 0.29) is 24.4 Å². The van der Waals surface area contributed by atoms with Crippen molar-refractivity contribution in [3.63, 3.8) is 0 Å². The average Bonchev–Trinajstić information content (AvgIpc) is 3.20. The fourth-order valence-corrected chi connectivity index (χ4v) is 3.09. The molecule has 3 rings (SSSR count). The molecule has 0 aliphatic heterocycles. The van der Waals surface area contributed by atoms with E-state index < -0.39 is 23.6 Å². The van der Waals surface area contributed by atoms with Crippen LogP contribution in [-0.4, -0.2) is 40.5 Å². The largest absolute Gasteiger partial charge is 0.386 e. The summed E-state index contributed by atoms with van der Waals surface area (Å²) in [5.41, 5.74) is 1.54. The zero-order valence-corrected chi connectivity index (χ0v) is 16.3. The van der Waals surface area contributed by atoms with E-state index in [4.69, 9.17) is 0 Å². The topological polar surface area (TPSA) is 99.8 Å². The molecule has 3 aromatic rings. The van der Waals surface area contributed by atoms with E-state index in [1.165, 1.54) is 13.1 Å². The molecular formula is C21H21F2N5O2. The van der Waals surface area contributed by atoms with Gasteiger partial charge < -0.3 is 20.4 Å². The lowest BCUT2D eigenvalue weighted by atomic mass is 10.0. The molecule has 1 atom stereocenters. The molecule has 0 saturated heterocycles. The van der Waals surface area contributed by atoms with Crippen LogP contribution in [0.15, 0.2) is 42.5 Å². The van der Waals surface area contributed by atoms with Gasteiger partial charge >= 0.3 is 0 Å². The highest BCUT2D eigenvalue weighted by Gasteiger charge is 2.18. The molecular weight excluding hydrogens is 392 g/mol. The minimum absolute atomic E-state index is 0.0134. The molecule has 9 heteroatoms. The van der Waals surface area contributed by atoms with Gasteiger partial charge in [0.05, 0.1) is 11.7 Å². The number of nitrogens with one attached hydrogen (secondary N) is 3. The van der Waals surface area contributed by atoms with E-state index >= 15 is 0 Å². The number of rotatable bonds is 9. The Morgan fingerprint density at radius 3 is 2.67 bits per heavy atom. The van der Waals surface area contributed by atoms with Gasteiger partial charge in [-0.15, -0.1) is 10.2 Å². The molecule has 1 heterocycles. The number of benzene rings is 2. The lowest BCUT2D eigenvalue weighted by Crippen LogP contribution is -2.37. The summed E-state index contributed by atoms with van der Waals surface area (Å²) in [7, 11) is 1.52. The van der Waals surface area contributed by atoms with Crippen LogP contribution in [0.3, 0.4) is 0 Å². The Balaban J connectivity index is 1.61. The summed E-state index contributed by atoms with van der Waals surface area (Å²) in [6.07, 6.45) is 1.41. The Labute approximate surface area is 171 Å². The lowest BCUT2D eigenvalue weighted by molar-refractivity contribution is -0.109. The number of amides is 1. The highest BCUT2D eigenvalue weighted by Crippen LogP contribution is 2.23. The second-order valence-corrected chi connectivity index (χ2v) is 6.71. The third kappa shape index (κ3) is 5.25. The van der Waals surface area contributed by atoms with Crippen molar-refractivity contribution in [3.05, 3.63) is 76.9 Å². The summed E-state index contributed by atoms with van der Waals surface area (Å²) < 4.78 is 27.4. The zero-order chi connectivity index (χ0) is 21.5. The number of aromatic amines is 1. The normalized spacial score (nSPS) is 11.7. The van der Waals surface area contributed by atoms with Crippen LogP contribution in [0.1, 0.15) is 34.0 Å². The predicted molar refractivity (Wildman–Crippen MR) is 107 cm³/mol. The SMILES string of the molecule is CNc1c(F)cc(F)cc1CC[C@@H](C=O)NC(=O)c1nnc(Cc2ccccc2)[nH]1. The van der Waals surface area contributed by atoms with Gasteiger partial charge in [-0.05, 0) is 30.0 Å². The van der Waals surface area contributed by atoms with Crippen molar-refractivity contribution in [1.29, 1.82) is 0 Å². The summed E-state index contributed by atoms with van der Waals surface area (Å²) in [6.45, 7) is 0. The molecule has 2 aromatic carbocycles. The number of H-pyrrole nitrogens is 1. The van der Waals surface area contributed by atoms with E-state index in [0.29, 0.717) is 24.1 Å². The lowest BCUT2D eigenvalue weighted by Gasteiger charge is -2.14. The van der Waals surface area contributed by atoms with Crippen LogP contribution < -0.4 is 10.6 Å². The van der Waals surface area contributed by atoms with Crippen molar-refractivity contribution in [1.82, 2.24) is 20.5 Å². The Morgan fingerprint density at radius 1 is 1.20 bits per heavy atom. The molecule has 0 aliphatic rings. The van der Waals surface area contributed by atoms with Gasteiger partial charge in [0.2, 0.25) is 5.82 Å². The number of hydrogen-bond donors (Lipinski definition) is 3. The van der Waals surface area contributed by atoms with Crippen molar-refractivity contribution in [2.24, 2.45) is 0 Å². The van der Waals surface area contributed by atoms with E-state index in [0.717, 1.165) is 11.6 Å². The molecule has 30 heavy (non-hydrogen) atoms. The highest BCUT2D eigenvalue weighted by molar-refractivity contribution is 5.92. The number of halogens is 2. The van der Waals surface area contributed by atoms with Crippen molar-refractivity contribution >= 4 is 17.9 Å². The molecule has 0 bridgehead atoms. The highest BCUT2D eigenvalue weighted by atomic mass is 19.1. The fourth-order valence-electron chi connectivity index (χ4n) is 3.09. The van der Waals surface area contributed by atoms with Crippen LogP contribution in [0.25, 0.3) is 0 Å². The number of anilines is 1. The number of nitrogens with zero attached hydrogens (tertiary/aromatic N) is 2. The van der Waals surface area contributed by atoms with Crippen molar-refractivity contribution in [2.75, 3.05) is 12.4 Å². The van der Waals surface area contributed by atoms with Gasteiger partial charge in [-0.2, -0.15) is 0 Å². The first-order valence-corrected chi connectivity index (χ1v) is 9.37. The van der Waals surface area contributed by atoms with Crippen LogP contribution in [0.2, 0.25) is 0 Å². The Kier molecular flexibility index (Phi) is 6.84. The molecule has 156 valence electrons. The summed E-state index contributed by atoms with van der Waals surface area (Å²) in [5, 5.41) is 13.0. The molecule has 1 amide bonds. The summed E-state index contributed by atoms with van der Waals surface area (Å²) in [4.78, 5) is 26.6. The summed E-state index contributed by atoms with van der Waals surface area (Å²) in [5.74, 6) is -1.51.